The third-order valence-corrected chi connectivity index (χ3v) is 7.33. The Morgan fingerprint density at radius 1 is 0.939 bits per heavy atom. The second kappa shape index (κ2) is 7.31. The van der Waals surface area contributed by atoms with E-state index in [1.165, 1.54) is 30.3 Å². The van der Waals surface area contributed by atoms with Crippen molar-refractivity contribution in [1.29, 1.82) is 0 Å². The minimum Gasteiger partial charge on any atom is -0.397 e. The highest BCUT2D eigenvalue weighted by Gasteiger charge is 2.49. The largest absolute Gasteiger partial charge is 0.439 e. The Morgan fingerprint density at radius 3 is 2.18 bits per heavy atom. The highest BCUT2D eigenvalue weighted by atomic mass is 32.2. The third kappa shape index (κ3) is 3.30. The van der Waals surface area contributed by atoms with Crippen LogP contribution in [0.2, 0.25) is 0 Å². The molecule has 0 aliphatic heterocycles. The van der Waals surface area contributed by atoms with Crippen LogP contribution in [0.4, 0.5) is 21.5 Å². The highest BCUT2D eigenvalue weighted by Crippen LogP contribution is 2.41. The van der Waals surface area contributed by atoms with Crippen molar-refractivity contribution in [1.82, 2.24) is 0 Å². The number of nitroso groups, excluding NO2 is 1. The Bertz CT molecular complexity index is 1500. The summed E-state index contributed by atoms with van der Waals surface area (Å²) in [7, 11) is -4.61. The van der Waals surface area contributed by atoms with Crippen molar-refractivity contribution in [3.05, 3.63) is 87.6 Å². The van der Waals surface area contributed by atoms with Crippen LogP contribution in [-0.4, -0.2) is 30.2 Å². The number of sulfonamides is 1. The van der Waals surface area contributed by atoms with Gasteiger partial charge in [-0.2, -0.15) is 8.42 Å². The van der Waals surface area contributed by atoms with Crippen molar-refractivity contribution in [2.45, 2.75) is 23.8 Å². The molecular weight excluding hydrogens is 449 g/mol. The van der Waals surface area contributed by atoms with Crippen LogP contribution in [0.5, 0.6) is 0 Å². The molecule has 0 bridgehead atoms. The van der Waals surface area contributed by atoms with Gasteiger partial charge in [0.2, 0.25) is 6.04 Å². The maximum absolute atomic E-state index is 13.8. The van der Waals surface area contributed by atoms with Crippen LogP contribution in [0.3, 0.4) is 0 Å². The number of nitrogens with zero attached hydrogens (tertiary/aromatic N) is 1. The van der Waals surface area contributed by atoms with Crippen LogP contribution >= 0.6 is 0 Å². The molecule has 0 saturated heterocycles. The van der Waals surface area contributed by atoms with Gasteiger partial charge in [0.15, 0.2) is 16.5 Å². The molecule has 0 aromatic heterocycles. The fourth-order valence-electron chi connectivity index (χ4n) is 3.91. The summed E-state index contributed by atoms with van der Waals surface area (Å²) in [5, 5.41) is 2.82. The van der Waals surface area contributed by atoms with Crippen molar-refractivity contribution in [2.24, 2.45) is 0 Å². The number of anilines is 3. The Kier molecular flexibility index (Phi) is 4.64. The van der Waals surface area contributed by atoms with Gasteiger partial charge in [-0.3, -0.25) is 9.59 Å². The predicted octanol–water partition coefficient (Wildman–Crippen LogP) is 3.56. The van der Waals surface area contributed by atoms with Crippen molar-refractivity contribution in [2.75, 3.05) is 11.1 Å². The number of nitrogens with two attached hydrogens (primary N) is 1. The third-order valence-electron chi connectivity index (χ3n) is 5.66. The number of halogens is 1. The zero-order valence-electron chi connectivity index (χ0n) is 17.0. The number of carbonyl (C=O) groups excluding carboxylic acids is 2. The monoisotopic (exact) mass is 466 g/mol. The zero-order chi connectivity index (χ0) is 23.5. The molecular formula is C23H17FN3O5S+. The number of nitrogens with one attached hydrogen (secondary N) is 1. The van der Waals surface area contributed by atoms with Gasteiger partial charge in [-0.25, -0.2) is 4.39 Å². The molecule has 2 aliphatic carbocycles. The van der Waals surface area contributed by atoms with Crippen LogP contribution in [0.1, 0.15) is 44.7 Å². The summed E-state index contributed by atoms with van der Waals surface area (Å²) < 4.78 is 39.9. The summed E-state index contributed by atoms with van der Waals surface area (Å²) in [4.78, 5) is 38.6. The summed E-state index contributed by atoms with van der Waals surface area (Å²) in [6.45, 7) is 0. The van der Waals surface area contributed by atoms with Crippen molar-refractivity contribution in [3.63, 3.8) is 0 Å². The first-order valence-corrected chi connectivity index (χ1v) is 11.5. The van der Waals surface area contributed by atoms with Crippen LogP contribution < -0.4 is 11.1 Å². The van der Waals surface area contributed by atoms with Crippen molar-refractivity contribution in [3.8, 4) is 0 Å². The molecule has 5 rings (SSSR count). The Balaban J connectivity index is 1.78. The molecule has 2 aliphatic rings. The van der Waals surface area contributed by atoms with Gasteiger partial charge in [0.1, 0.15) is 9.98 Å². The highest BCUT2D eigenvalue weighted by molar-refractivity contribution is 7.85. The van der Waals surface area contributed by atoms with Gasteiger partial charge < -0.3 is 11.1 Å². The Hall–Kier alpha value is -3.92. The van der Waals surface area contributed by atoms with Gasteiger partial charge in [0.25, 0.3) is 0 Å². The Labute approximate surface area is 187 Å². The van der Waals surface area contributed by atoms with Crippen molar-refractivity contribution >= 4 is 38.7 Å². The summed E-state index contributed by atoms with van der Waals surface area (Å²) in [5.41, 5.74) is 5.59. The summed E-state index contributed by atoms with van der Waals surface area (Å²) >= 11 is 0. The van der Waals surface area contributed by atoms with Crippen LogP contribution in [0.15, 0.2) is 59.5 Å². The van der Waals surface area contributed by atoms with Gasteiger partial charge in [-0.15, -0.1) is 0 Å². The van der Waals surface area contributed by atoms with Crippen LogP contribution in [0, 0.1) is 10.7 Å². The second-order valence-electron chi connectivity index (χ2n) is 7.92. The lowest BCUT2D eigenvalue weighted by Crippen LogP contribution is -2.27. The van der Waals surface area contributed by atoms with Crippen LogP contribution in [0.25, 0.3) is 0 Å². The number of fused-ring (bicyclic) bond motifs is 2. The molecule has 10 heteroatoms. The number of nitrogen functional groups attached to an aromatic ring is 1. The zero-order valence-corrected chi connectivity index (χ0v) is 17.9. The first-order valence-electron chi connectivity index (χ1n) is 10.1. The lowest BCUT2D eigenvalue weighted by atomic mass is 9.82. The van der Waals surface area contributed by atoms with Gasteiger partial charge in [0.05, 0.1) is 22.5 Å². The number of benzene rings is 3. The topological polar surface area (TPSA) is 126 Å². The van der Waals surface area contributed by atoms with E-state index in [9.17, 15) is 27.3 Å². The van der Waals surface area contributed by atoms with E-state index in [1.807, 2.05) is 0 Å². The van der Waals surface area contributed by atoms with E-state index < -0.39 is 44.0 Å². The average molecular weight is 466 g/mol. The maximum Gasteiger partial charge on any atom is 0.439 e. The number of hydrogen-bond acceptors (Lipinski definition) is 7. The van der Waals surface area contributed by atoms with Crippen molar-refractivity contribution < 1.29 is 26.6 Å². The fraction of sp³-hybridized carbons (Fsp3) is 0.130. The van der Waals surface area contributed by atoms with E-state index in [1.54, 1.807) is 12.1 Å². The first kappa shape index (κ1) is 21.0. The van der Waals surface area contributed by atoms with E-state index in [-0.39, 0.29) is 37.8 Å². The number of carbonyl (C=O) groups is 2. The molecule has 0 radical (unpaired) electrons. The van der Waals surface area contributed by atoms with E-state index in [4.69, 9.17) is 5.73 Å². The molecule has 33 heavy (non-hydrogen) atoms. The molecule has 1 fully saturated rings. The number of rotatable bonds is 5. The van der Waals surface area contributed by atoms with E-state index in [0.717, 1.165) is 12.1 Å². The molecule has 1 saturated carbocycles. The maximum atomic E-state index is 13.8. The standard InChI is InChI=1S/C23H16FN3O5S/c24-12-4-3-5-13(10-12)26-17-11-18(33(31,32)27(30)14-8-9-14)21(25)20-19(17)22(28)15-6-1-2-7-16(15)23(20)29/h1-7,10-11,14H,8-9H2,(H2-,25,26,28,29)/p+1. The molecule has 0 amide bonds. The van der Waals surface area contributed by atoms with E-state index in [0.29, 0.717) is 12.8 Å². The SMILES string of the molecule is Nc1c(S(=O)(=O)[N+](=O)C2CC2)cc(Nc2cccc(F)c2)c2c1C(=O)c1ccccc1C2=O. The minimum atomic E-state index is -4.61. The van der Waals surface area contributed by atoms with Gasteiger partial charge >= 0.3 is 10.0 Å². The average Bonchev–Trinajstić information content (AvgIpc) is 3.63. The molecule has 166 valence electrons. The van der Waals surface area contributed by atoms with Gasteiger partial charge in [0, 0.05) is 34.6 Å². The molecule has 3 aromatic rings. The Morgan fingerprint density at radius 2 is 1.58 bits per heavy atom. The lowest BCUT2D eigenvalue weighted by Gasteiger charge is -2.23. The summed E-state index contributed by atoms with van der Waals surface area (Å²) in [6, 6.07) is 11.8. The molecule has 0 atom stereocenters. The molecule has 3 aromatic carbocycles. The lowest BCUT2D eigenvalue weighted by molar-refractivity contribution is -0.405. The molecule has 0 heterocycles. The second-order valence-corrected chi connectivity index (χ2v) is 9.67. The normalized spacial score (nSPS) is 15.1. The van der Waals surface area contributed by atoms with E-state index >= 15 is 0 Å². The predicted molar refractivity (Wildman–Crippen MR) is 118 cm³/mol. The minimum absolute atomic E-state index is 0.0138. The molecule has 0 unspecified atom stereocenters. The quantitative estimate of drug-likeness (QED) is 0.340. The van der Waals surface area contributed by atoms with Gasteiger partial charge in [-0.05, 0) is 24.3 Å². The smallest absolute Gasteiger partial charge is 0.397 e. The van der Waals surface area contributed by atoms with Crippen LogP contribution in [-0.2, 0) is 10.0 Å². The van der Waals surface area contributed by atoms with E-state index in [2.05, 4.69) is 5.32 Å². The first-order chi connectivity index (χ1) is 15.7. The molecule has 8 nitrogen and oxygen atoms in total. The number of hydrogen-bond donors (Lipinski definition) is 2. The van der Waals surface area contributed by atoms with Gasteiger partial charge in [-0.1, -0.05) is 30.3 Å². The fourth-order valence-corrected chi connectivity index (χ4v) is 5.35. The number of ketones is 2. The molecule has 0 spiro atoms. The molecule has 3 N–H and O–H groups in total. The summed E-state index contributed by atoms with van der Waals surface area (Å²) in [5.74, 6) is -1.75. The summed E-state index contributed by atoms with van der Waals surface area (Å²) in [6.07, 6.45) is 0.847.